The van der Waals surface area contributed by atoms with Crippen LogP contribution in [-0.2, 0) is 33.7 Å². The Morgan fingerprint density at radius 3 is 1.21 bits per heavy atom. The van der Waals surface area contributed by atoms with Crippen LogP contribution < -0.4 is 37.9 Å². The maximum atomic E-state index is 11.3. The van der Waals surface area contributed by atoms with Crippen LogP contribution in [0.1, 0.15) is 61.6 Å². The highest BCUT2D eigenvalue weighted by molar-refractivity contribution is 6.32. The second-order valence-corrected chi connectivity index (χ2v) is 19.5. The first-order chi connectivity index (χ1) is 33.9. The lowest BCUT2D eigenvalue weighted by atomic mass is 10.1. The Balaban J connectivity index is 0.000000178. The number of likely N-dealkylation sites (N-methyl/N-ethyl adjacent to an activating group) is 2. The van der Waals surface area contributed by atoms with Crippen LogP contribution in [0.3, 0.4) is 0 Å². The van der Waals surface area contributed by atoms with E-state index in [-0.39, 0.29) is 16.7 Å². The number of rotatable bonds is 12. The fourth-order valence-corrected chi connectivity index (χ4v) is 8.23. The van der Waals surface area contributed by atoms with Gasteiger partial charge in [-0.25, -0.2) is 0 Å². The third kappa shape index (κ3) is 15.4. The molecule has 0 atom stereocenters. The lowest BCUT2D eigenvalue weighted by Gasteiger charge is -2.27. The Morgan fingerprint density at radius 2 is 0.861 bits per heavy atom. The fourth-order valence-electron chi connectivity index (χ4n) is 7.36. The first kappa shape index (κ1) is 56.3. The Kier molecular flexibility index (Phi) is 19.6. The van der Waals surface area contributed by atoms with Crippen molar-refractivity contribution < 1.29 is 0 Å². The van der Waals surface area contributed by atoms with Crippen LogP contribution in [0.5, 0.6) is 0 Å². The van der Waals surface area contributed by atoms with E-state index in [1.807, 2.05) is 117 Å². The van der Waals surface area contributed by atoms with Gasteiger partial charge in [-0.15, -0.1) is 0 Å². The average molecular weight is 1060 g/mol. The van der Waals surface area contributed by atoms with Gasteiger partial charge in [-0.3, -0.25) is 49.1 Å². The molecule has 7 aromatic rings. The SMILES string of the molecule is C=C1C=C(CNc2cc(C)c(Cl)cc2C)N(C)N1C.Cc1cc(NCc2cc(=O)[nH][nH]2)c(C)cc1Cl.Cc1cc(NCc2cc(=O)[nH]n2C)c(C)cc1Cl.Cc1cc(NCc2cc(=O)n(C)[nH]2)c(C)cc1Cl. The van der Waals surface area contributed by atoms with Gasteiger partial charge in [0.05, 0.1) is 54.7 Å². The molecule has 0 saturated carbocycles. The van der Waals surface area contributed by atoms with Crippen LogP contribution in [0.2, 0.25) is 20.1 Å². The van der Waals surface area contributed by atoms with E-state index in [0.29, 0.717) is 19.6 Å². The molecule has 0 aliphatic carbocycles. The summed E-state index contributed by atoms with van der Waals surface area (Å²) in [7, 11) is 7.55. The van der Waals surface area contributed by atoms with Crippen molar-refractivity contribution in [3.8, 4) is 0 Å². The van der Waals surface area contributed by atoms with E-state index in [4.69, 9.17) is 46.4 Å². The van der Waals surface area contributed by atoms with Gasteiger partial charge in [0.1, 0.15) is 0 Å². The number of aromatic amines is 4. The number of allylic oxidation sites excluding steroid dienone is 1. The van der Waals surface area contributed by atoms with Crippen LogP contribution in [0.4, 0.5) is 22.7 Å². The largest absolute Gasteiger partial charge is 0.379 e. The number of anilines is 4. The third-order valence-corrected chi connectivity index (χ3v) is 13.7. The zero-order chi connectivity index (χ0) is 53.1. The van der Waals surface area contributed by atoms with Crippen LogP contribution in [0.25, 0.3) is 0 Å². The molecule has 0 bridgehead atoms. The quantitative estimate of drug-likeness (QED) is 0.0591. The topological polar surface area (TPSA) is 179 Å². The van der Waals surface area contributed by atoms with Crippen molar-refractivity contribution in [3.05, 3.63) is 204 Å². The number of hydrogen-bond donors (Lipinski definition) is 8. The Hall–Kier alpha value is -6.65. The molecule has 19 heteroatoms. The van der Waals surface area contributed by atoms with Gasteiger partial charge in [-0.1, -0.05) is 53.0 Å². The highest BCUT2D eigenvalue weighted by atomic mass is 35.5. The maximum Gasteiger partial charge on any atom is 0.266 e. The van der Waals surface area contributed by atoms with E-state index in [9.17, 15) is 14.4 Å². The molecule has 0 fully saturated rings. The van der Waals surface area contributed by atoms with Crippen LogP contribution in [0, 0.1) is 55.4 Å². The summed E-state index contributed by atoms with van der Waals surface area (Å²) >= 11 is 24.2. The predicted octanol–water partition coefficient (Wildman–Crippen LogP) is 11.3. The molecule has 384 valence electrons. The molecule has 15 nitrogen and oxygen atoms in total. The average Bonchev–Trinajstić information content (AvgIpc) is 4.05. The van der Waals surface area contributed by atoms with E-state index in [0.717, 1.165) is 117 Å². The molecule has 0 radical (unpaired) electrons. The van der Waals surface area contributed by atoms with E-state index in [1.54, 1.807) is 23.9 Å². The summed E-state index contributed by atoms with van der Waals surface area (Å²) in [4.78, 5) is 33.4. The smallest absolute Gasteiger partial charge is 0.266 e. The van der Waals surface area contributed by atoms with Gasteiger partial charge in [-0.05, 0) is 155 Å². The van der Waals surface area contributed by atoms with Crippen molar-refractivity contribution in [2.45, 2.75) is 75.0 Å². The highest BCUT2D eigenvalue weighted by Gasteiger charge is 2.19. The number of aromatic nitrogens is 6. The molecule has 1 aliphatic rings. The molecule has 4 aromatic carbocycles. The second-order valence-electron chi connectivity index (χ2n) is 17.9. The van der Waals surface area contributed by atoms with Gasteiger partial charge >= 0.3 is 0 Å². The lowest BCUT2D eigenvalue weighted by Crippen LogP contribution is -2.31. The Labute approximate surface area is 441 Å². The van der Waals surface area contributed by atoms with Crippen LogP contribution in [0.15, 0.2) is 105 Å². The minimum Gasteiger partial charge on any atom is -0.379 e. The summed E-state index contributed by atoms with van der Waals surface area (Å²) in [5.74, 6) is 0. The molecule has 0 saturated heterocycles. The molecule has 0 amide bonds. The molecular formula is C53H66Cl4N12O3. The van der Waals surface area contributed by atoms with Crippen molar-refractivity contribution in [2.75, 3.05) is 41.9 Å². The minimum atomic E-state index is -0.120. The van der Waals surface area contributed by atoms with Gasteiger partial charge in [-0.2, -0.15) is 0 Å². The van der Waals surface area contributed by atoms with E-state index >= 15 is 0 Å². The number of nitrogens with zero attached hydrogens (tertiary/aromatic N) is 4. The minimum absolute atomic E-state index is 0.0317. The first-order valence-corrected chi connectivity index (χ1v) is 24.6. The summed E-state index contributed by atoms with van der Waals surface area (Å²) in [6, 6.07) is 20.6. The summed E-state index contributed by atoms with van der Waals surface area (Å²) in [6.45, 7) is 22.5. The number of hydrazine groups is 1. The summed E-state index contributed by atoms with van der Waals surface area (Å²) in [6.07, 6.45) is 2.09. The number of hydrogen-bond acceptors (Lipinski definition) is 9. The van der Waals surface area contributed by atoms with Crippen molar-refractivity contribution in [1.82, 2.24) is 39.8 Å². The predicted molar refractivity (Wildman–Crippen MR) is 300 cm³/mol. The standard InChI is InChI=1S/C15H20ClN3.2C13H16ClN3O.C12H14ClN3O/c1-10-7-15(11(2)6-14(10)16)17-9-13-8-12(3)18(4)19(13)5;1-8-5-12(9(2)4-11(8)14)15-7-10-6-13(18)16-17(10)3;1-8-5-12(9(2)4-11(8)14)15-7-10-6-13(18)17(3)16-10;1-7-4-11(8(2)3-10(7)13)14-6-9-5-12(17)16-15-9/h6-8,17H,3,9H2,1-2,4-5H3;4-6,15H,7H2,1-3H3,(H,16,18);4-6,15-16H,7H2,1-3H3;3-5,14H,6H2,1-2H3,(H2,15,16,17). The lowest BCUT2D eigenvalue weighted by molar-refractivity contribution is 0.133. The molecule has 0 spiro atoms. The third-order valence-electron chi connectivity index (χ3n) is 12.1. The molecule has 0 unspecified atom stereocenters. The van der Waals surface area contributed by atoms with Crippen molar-refractivity contribution in [1.29, 1.82) is 0 Å². The number of nitrogens with one attached hydrogen (secondary N) is 8. The van der Waals surface area contributed by atoms with Crippen molar-refractivity contribution >= 4 is 69.2 Å². The second kappa shape index (κ2) is 25.1. The number of H-pyrrole nitrogens is 4. The molecule has 1 aliphatic heterocycles. The van der Waals surface area contributed by atoms with Crippen LogP contribution >= 0.6 is 46.4 Å². The normalized spacial score (nSPS) is 11.8. The zero-order valence-electron chi connectivity index (χ0n) is 43.0. The van der Waals surface area contributed by atoms with Gasteiger partial charge in [0.25, 0.3) is 16.7 Å². The summed E-state index contributed by atoms with van der Waals surface area (Å²) < 4.78 is 3.17. The number of aryl methyl sites for hydroxylation is 10. The van der Waals surface area contributed by atoms with E-state index in [2.05, 4.69) is 72.3 Å². The van der Waals surface area contributed by atoms with Crippen molar-refractivity contribution in [2.24, 2.45) is 14.1 Å². The van der Waals surface area contributed by atoms with Crippen molar-refractivity contribution in [3.63, 3.8) is 0 Å². The van der Waals surface area contributed by atoms with E-state index in [1.165, 1.54) is 16.4 Å². The summed E-state index contributed by atoms with van der Waals surface area (Å²) in [5.41, 5.74) is 17.4. The maximum absolute atomic E-state index is 11.3. The molecular weight excluding hydrogens is 994 g/mol. The van der Waals surface area contributed by atoms with Gasteiger partial charge < -0.3 is 26.4 Å². The molecule has 8 rings (SSSR count). The molecule has 4 heterocycles. The monoisotopic (exact) mass is 1060 g/mol. The summed E-state index contributed by atoms with van der Waals surface area (Å²) in [5, 5.41) is 31.5. The Bertz CT molecular complexity index is 3250. The number of benzene rings is 4. The van der Waals surface area contributed by atoms with Gasteiger partial charge in [0.15, 0.2) is 0 Å². The van der Waals surface area contributed by atoms with Gasteiger partial charge in [0.2, 0.25) is 0 Å². The zero-order valence-corrected chi connectivity index (χ0v) is 46.0. The van der Waals surface area contributed by atoms with E-state index < -0.39 is 0 Å². The molecule has 3 aromatic heterocycles. The Morgan fingerprint density at radius 1 is 0.444 bits per heavy atom. The van der Waals surface area contributed by atoms with Gasteiger partial charge in [0, 0.05) is 89.2 Å². The number of halogens is 4. The van der Waals surface area contributed by atoms with Crippen LogP contribution in [-0.4, -0.2) is 60.4 Å². The highest BCUT2D eigenvalue weighted by Crippen LogP contribution is 2.28. The first-order valence-electron chi connectivity index (χ1n) is 23.1. The molecule has 8 N–H and O–H groups in total. The fraction of sp³-hybridized carbons (Fsp3) is 0.302. The molecule has 72 heavy (non-hydrogen) atoms.